The zero-order chi connectivity index (χ0) is 25.7. The van der Waals surface area contributed by atoms with Gasteiger partial charge in [-0.1, -0.05) is 47.6 Å². The lowest BCUT2D eigenvalue weighted by molar-refractivity contribution is -0.137. The summed E-state index contributed by atoms with van der Waals surface area (Å²) in [5, 5.41) is 3.14. The van der Waals surface area contributed by atoms with E-state index in [4.69, 9.17) is 11.6 Å². The molecule has 1 aliphatic heterocycles. The number of carbonyl (C=O) groups is 1. The van der Waals surface area contributed by atoms with Gasteiger partial charge >= 0.3 is 6.18 Å². The van der Waals surface area contributed by atoms with Gasteiger partial charge in [0.05, 0.1) is 17.0 Å². The summed E-state index contributed by atoms with van der Waals surface area (Å²) in [6.45, 7) is 2.37. The summed E-state index contributed by atoms with van der Waals surface area (Å²) in [5.74, 6) is -0.0584. The third-order valence-corrected chi connectivity index (χ3v) is 6.57. The number of nitrogens with zero attached hydrogens (tertiary/aromatic N) is 4. The van der Waals surface area contributed by atoms with E-state index in [0.29, 0.717) is 48.4 Å². The van der Waals surface area contributed by atoms with Crippen LogP contribution in [-0.4, -0.2) is 47.8 Å². The first-order valence-electron chi connectivity index (χ1n) is 11.0. The number of aromatic nitrogens is 2. The van der Waals surface area contributed by atoms with Crippen LogP contribution < -0.4 is 15.1 Å². The lowest BCUT2D eigenvalue weighted by atomic mass is 10.1. The zero-order valence-electron chi connectivity index (χ0n) is 18.9. The Hall–Kier alpha value is -3.05. The highest BCUT2D eigenvalue weighted by atomic mass is 35.5. The number of rotatable bonds is 7. The van der Waals surface area contributed by atoms with Gasteiger partial charge in [0.15, 0.2) is 5.16 Å². The highest BCUT2D eigenvalue weighted by Crippen LogP contribution is 2.29. The van der Waals surface area contributed by atoms with Crippen LogP contribution in [0.15, 0.2) is 59.8 Å². The Morgan fingerprint density at radius 3 is 2.44 bits per heavy atom. The predicted molar refractivity (Wildman–Crippen MR) is 132 cm³/mol. The van der Waals surface area contributed by atoms with Gasteiger partial charge in [0, 0.05) is 38.8 Å². The molecule has 2 aromatic carbocycles. The molecule has 0 unspecified atom stereocenters. The Kier molecular flexibility index (Phi) is 8.20. The lowest BCUT2D eigenvalue weighted by Gasteiger charge is -2.36. The summed E-state index contributed by atoms with van der Waals surface area (Å²) in [6, 6.07) is 13.1. The molecule has 1 aliphatic rings. The summed E-state index contributed by atoms with van der Waals surface area (Å²) in [5.41, 5.74) is 0.141. The fraction of sp³-hybridized carbons (Fsp3) is 0.292. The third kappa shape index (κ3) is 6.79. The molecule has 0 spiro atoms. The summed E-state index contributed by atoms with van der Waals surface area (Å²) in [4.78, 5) is 24.9. The van der Waals surface area contributed by atoms with Gasteiger partial charge in [-0.2, -0.15) is 13.2 Å². The van der Waals surface area contributed by atoms with Crippen molar-refractivity contribution in [2.45, 2.75) is 17.9 Å². The van der Waals surface area contributed by atoms with Gasteiger partial charge in [0.1, 0.15) is 16.8 Å². The van der Waals surface area contributed by atoms with Crippen molar-refractivity contribution in [3.8, 4) is 0 Å². The average Bonchev–Trinajstić information content (AvgIpc) is 2.86. The maximum absolute atomic E-state index is 14.1. The highest BCUT2D eigenvalue weighted by molar-refractivity contribution is 7.99. The first-order chi connectivity index (χ1) is 17.2. The number of hydrogen-bond acceptors (Lipinski definition) is 6. The molecule has 0 radical (unpaired) electrons. The molecule has 4 rings (SSSR count). The fourth-order valence-corrected chi connectivity index (χ4v) is 4.65. The smallest absolute Gasteiger partial charge is 0.366 e. The molecule has 12 heteroatoms. The molecule has 3 aromatic rings. The average molecular weight is 540 g/mol. The van der Waals surface area contributed by atoms with Crippen molar-refractivity contribution in [1.82, 2.24) is 15.3 Å². The van der Waals surface area contributed by atoms with E-state index in [-0.39, 0.29) is 29.2 Å². The SMILES string of the molecule is O=C(CSc1nc(Cl)cc(N2CCN(c3ccccc3F)CC2)n1)NCc1cccc(C(F)(F)F)c1. The first kappa shape index (κ1) is 26.0. The number of alkyl halides is 3. The number of nitrogens with one attached hydrogen (secondary N) is 1. The number of thioether (sulfide) groups is 1. The van der Waals surface area contributed by atoms with Crippen molar-refractivity contribution in [2.24, 2.45) is 0 Å². The van der Waals surface area contributed by atoms with E-state index >= 15 is 0 Å². The van der Waals surface area contributed by atoms with Crippen molar-refractivity contribution in [3.63, 3.8) is 0 Å². The van der Waals surface area contributed by atoms with Crippen LogP contribution in [0.4, 0.5) is 29.1 Å². The standard InChI is InChI=1S/C24H22ClF4N5OS/c25-20-13-21(34-10-8-33(9-11-34)19-7-2-1-6-18(19)26)32-23(31-20)36-15-22(35)30-14-16-4-3-5-17(12-16)24(27,28)29/h1-7,12-13H,8-11,14-15H2,(H,30,35). The quantitative estimate of drug-likeness (QED) is 0.197. The Morgan fingerprint density at radius 2 is 1.72 bits per heavy atom. The molecule has 0 saturated carbocycles. The van der Waals surface area contributed by atoms with Gasteiger partial charge in [-0.05, 0) is 29.8 Å². The van der Waals surface area contributed by atoms with Crippen LogP contribution in [0.5, 0.6) is 0 Å². The van der Waals surface area contributed by atoms with Crippen LogP contribution in [0.3, 0.4) is 0 Å². The number of benzene rings is 2. The molecule has 0 bridgehead atoms. The molecule has 190 valence electrons. The topological polar surface area (TPSA) is 61.4 Å². The van der Waals surface area contributed by atoms with Crippen molar-refractivity contribution >= 4 is 40.8 Å². The first-order valence-corrected chi connectivity index (χ1v) is 12.4. The minimum atomic E-state index is -4.44. The van der Waals surface area contributed by atoms with Gasteiger partial charge in [0.2, 0.25) is 5.91 Å². The largest absolute Gasteiger partial charge is 0.416 e. The molecule has 1 amide bonds. The number of piperazine rings is 1. The molecule has 0 aliphatic carbocycles. The van der Waals surface area contributed by atoms with Crippen LogP contribution in [0, 0.1) is 5.82 Å². The Morgan fingerprint density at radius 1 is 1.00 bits per heavy atom. The van der Waals surface area contributed by atoms with E-state index in [1.165, 1.54) is 18.2 Å². The van der Waals surface area contributed by atoms with Crippen LogP contribution >= 0.6 is 23.4 Å². The van der Waals surface area contributed by atoms with Crippen molar-refractivity contribution in [1.29, 1.82) is 0 Å². The molecule has 1 fully saturated rings. The van der Waals surface area contributed by atoms with Gasteiger partial charge in [-0.25, -0.2) is 14.4 Å². The lowest BCUT2D eigenvalue weighted by Crippen LogP contribution is -2.47. The minimum absolute atomic E-state index is 0.0280. The Balaban J connectivity index is 1.30. The summed E-state index contributed by atoms with van der Waals surface area (Å²) in [7, 11) is 0. The van der Waals surface area contributed by atoms with E-state index in [2.05, 4.69) is 15.3 Å². The summed E-state index contributed by atoms with van der Waals surface area (Å²) in [6.07, 6.45) is -4.44. The van der Waals surface area contributed by atoms with E-state index in [9.17, 15) is 22.4 Å². The number of anilines is 2. The summed E-state index contributed by atoms with van der Waals surface area (Å²) >= 11 is 7.26. The van der Waals surface area contributed by atoms with E-state index < -0.39 is 11.7 Å². The maximum atomic E-state index is 14.1. The van der Waals surface area contributed by atoms with Crippen LogP contribution in [0.1, 0.15) is 11.1 Å². The second kappa shape index (κ2) is 11.3. The molecule has 1 N–H and O–H groups in total. The molecular weight excluding hydrogens is 518 g/mol. The number of amides is 1. The van der Waals surface area contributed by atoms with Crippen molar-refractivity contribution in [2.75, 3.05) is 41.7 Å². The van der Waals surface area contributed by atoms with E-state index in [1.54, 1.807) is 24.3 Å². The molecule has 2 heterocycles. The van der Waals surface area contributed by atoms with Gasteiger partial charge in [-0.3, -0.25) is 4.79 Å². The van der Waals surface area contributed by atoms with Gasteiger partial charge in [-0.15, -0.1) is 0 Å². The molecule has 1 saturated heterocycles. The van der Waals surface area contributed by atoms with Gasteiger partial charge in [0.25, 0.3) is 0 Å². The Bertz CT molecular complexity index is 1220. The van der Waals surface area contributed by atoms with E-state index in [0.717, 1.165) is 23.9 Å². The number of halogens is 5. The maximum Gasteiger partial charge on any atom is 0.416 e. The number of carbonyl (C=O) groups excluding carboxylic acids is 1. The Labute approximate surface area is 214 Å². The van der Waals surface area contributed by atoms with E-state index in [1.807, 2.05) is 9.80 Å². The molecule has 1 aromatic heterocycles. The van der Waals surface area contributed by atoms with Gasteiger partial charge < -0.3 is 15.1 Å². The fourth-order valence-electron chi connectivity index (χ4n) is 3.74. The molecular formula is C24H22ClF4N5OS. The second-order valence-electron chi connectivity index (χ2n) is 8.02. The van der Waals surface area contributed by atoms with Crippen LogP contribution in [0.2, 0.25) is 5.15 Å². The normalized spacial score (nSPS) is 14.1. The third-order valence-electron chi connectivity index (χ3n) is 5.53. The minimum Gasteiger partial charge on any atom is -0.366 e. The zero-order valence-corrected chi connectivity index (χ0v) is 20.5. The van der Waals surface area contributed by atoms with Crippen LogP contribution in [0.25, 0.3) is 0 Å². The molecule has 36 heavy (non-hydrogen) atoms. The molecule has 6 nitrogen and oxygen atoms in total. The highest BCUT2D eigenvalue weighted by Gasteiger charge is 2.30. The second-order valence-corrected chi connectivity index (χ2v) is 9.35. The number of para-hydroxylation sites is 1. The summed E-state index contributed by atoms with van der Waals surface area (Å²) < 4.78 is 52.6. The van der Waals surface area contributed by atoms with Crippen LogP contribution in [-0.2, 0) is 17.5 Å². The predicted octanol–water partition coefficient (Wildman–Crippen LogP) is 5.02. The monoisotopic (exact) mass is 539 g/mol. The molecule has 0 atom stereocenters. The van der Waals surface area contributed by atoms with Crippen molar-refractivity contribution in [3.05, 3.63) is 76.7 Å². The van der Waals surface area contributed by atoms with Crippen molar-refractivity contribution < 1.29 is 22.4 Å². The number of hydrogen-bond donors (Lipinski definition) is 1.